The Morgan fingerprint density at radius 1 is 1.16 bits per heavy atom. The molecule has 0 radical (unpaired) electrons. The fourth-order valence-electron chi connectivity index (χ4n) is 3.12. The Labute approximate surface area is 145 Å². The Morgan fingerprint density at radius 3 is 2.88 bits per heavy atom. The van der Waals surface area contributed by atoms with E-state index >= 15 is 0 Å². The molecule has 0 aliphatic heterocycles. The highest BCUT2D eigenvalue weighted by atomic mass is 15.2. The third kappa shape index (κ3) is 2.87. The van der Waals surface area contributed by atoms with E-state index in [4.69, 9.17) is 0 Å². The molecule has 6 nitrogen and oxygen atoms in total. The summed E-state index contributed by atoms with van der Waals surface area (Å²) in [4.78, 5) is 8.97. The van der Waals surface area contributed by atoms with Gasteiger partial charge in [-0.3, -0.25) is 5.10 Å². The van der Waals surface area contributed by atoms with Gasteiger partial charge >= 0.3 is 0 Å². The number of nitrogens with zero attached hydrogens (tertiary/aromatic N) is 4. The molecule has 0 atom stereocenters. The van der Waals surface area contributed by atoms with Crippen molar-refractivity contribution in [1.29, 1.82) is 0 Å². The number of aromatic nitrogens is 5. The second-order valence-corrected chi connectivity index (χ2v) is 6.29. The lowest BCUT2D eigenvalue weighted by atomic mass is 10.2. The summed E-state index contributed by atoms with van der Waals surface area (Å²) in [5.74, 6) is 1.74. The topological polar surface area (TPSA) is 71.4 Å². The smallest absolute Gasteiger partial charge is 0.158 e. The molecule has 0 amide bonds. The van der Waals surface area contributed by atoms with Gasteiger partial charge in [0.05, 0.1) is 11.9 Å². The van der Waals surface area contributed by atoms with Gasteiger partial charge < -0.3 is 9.88 Å². The Kier molecular flexibility index (Phi) is 3.72. The first-order valence-electron chi connectivity index (χ1n) is 8.27. The van der Waals surface area contributed by atoms with E-state index in [2.05, 4.69) is 62.1 Å². The van der Waals surface area contributed by atoms with Crippen molar-refractivity contribution in [3.8, 4) is 5.82 Å². The van der Waals surface area contributed by atoms with Crippen LogP contribution in [-0.4, -0.2) is 24.7 Å². The standard InChI is InChI=1S/C19H20N6/c1-12-6-7-20-16(9-12)25-8-4-5-15(25)11-21-18-17-13(2)10-14(3)22-19(17)24-23-18/h4-10H,11H2,1-3H3,(H2,21,22,23,24). The summed E-state index contributed by atoms with van der Waals surface area (Å²) in [7, 11) is 0. The summed E-state index contributed by atoms with van der Waals surface area (Å²) in [5.41, 5.74) is 5.27. The number of aromatic amines is 1. The summed E-state index contributed by atoms with van der Waals surface area (Å²) in [6.07, 6.45) is 3.86. The van der Waals surface area contributed by atoms with E-state index in [1.54, 1.807) is 0 Å². The molecule has 4 rings (SSSR count). The molecule has 0 spiro atoms. The average molecular weight is 332 g/mol. The Bertz CT molecular complexity index is 1040. The number of fused-ring (bicyclic) bond motifs is 1. The van der Waals surface area contributed by atoms with Gasteiger partial charge in [0.15, 0.2) is 11.5 Å². The van der Waals surface area contributed by atoms with E-state index < -0.39 is 0 Å². The maximum absolute atomic E-state index is 4.50. The largest absolute Gasteiger partial charge is 0.362 e. The van der Waals surface area contributed by atoms with E-state index in [9.17, 15) is 0 Å². The predicted octanol–water partition coefficient (Wildman–Crippen LogP) is 3.68. The highest BCUT2D eigenvalue weighted by molar-refractivity contribution is 5.90. The molecule has 25 heavy (non-hydrogen) atoms. The Hall–Kier alpha value is -3.15. The van der Waals surface area contributed by atoms with Crippen LogP contribution in [0.4, 0.5) is 5.82 Å². The van der Waals surface area contributed by atoms with Crippen molar-refractivity contribution in [3.05, 3.63) is 65.2 Å². The minimum Gasteiger partial charge on any atom is -0.362 e. The molecular weight excluding hydrogens is 312 g/mol. The fourth-order valence-corrected chi connectivity index (χ4v) is 3.12. The van der Waals surface area contributed by atoms with Gasteiger partial charge in [-0.2, -0.15) is 5.10 Å². The second kappa shape index (κ2) is 6.05. The van der Waals surface area contributed by atoms with Crippen LogP contribution >= 0.6 is 0 Å². The second-order valence-electron chi connectivity index (χ2n) is 6.29. The van der Waals surface area contributed by atoms with Crippen molar-refractivity contribution >= 4 is 16.9 Å². The third-order valence-electron chi connectivity index (χ3n) is 4.27. The number of rotatable bonds is 4. The lowest BCUT2D eigenvalue weighted by molar-refractivity contribution is 0.903. The summed E-state index contributed by atoms with van der Waals surface area (Å²) >= 11 is 0. The summed E-state index contributed by atoms with van der Waals surface area (Å²) in [6, 6.07) is 10.3. The molecule has 2 N–H and O–H groups in total. The molecule has 0 unspecified atom stereocenters. The molecule has 4 aromatic rings. The molecule has 0 saturated heterocycles. The fraction of sp³-hybridized carbons (Fsp3) is 0.211. The van der Waals surface area contributed by atoms with Crippen LogP contribution in [0, 0.1) is 20.8 Å². The number of anilines is 1. The highest BCUT2D eigenvalue weighted by Gasteiger charge is 2.11. The van der Waals surface area contributed by atoms with Gasteiger partial charge in [-0.1, -0.05) is 0 Å². The van der Waals surface area contributed by atoms with E-state index in [1.807, 2.05) is 31.5 Å². The van der Waals surface area contributed by atoms with Gasteiger partial charge in [-0.15, -0.1) is 0 Å². The highest BCUT2D eigenvalue weighted by Crippen LogP contribution is 2.24. The maximum atomic E-state index is 4.50. The van der Waals surface area contributed by atoms with E-state index in [1.165, 1.54) is 5.56 Å². The van der Waals surface area contributed by atoms with Crippen LogP contribution in [0.5, 0.6) is 0 Å². The quantitative estimate of drug-likeness (QED) is 0.598. The zero-order valence-electron chi connectivity index (χ0n) is 14.5. The van der Waals surface area contributed by atoms with Crippen LogP contribution < -0.4 is 5.32 Å². The minimum atomic E-state index is 0.649. The van der Waals surface area contributed by atoms with Gasteiger partial charge in [0, 0.05) is 23.8 Å². The predicted molar refractivity (Wildman–Crippen MR) is 99.0 cm³/mol. The molecule has 0 fully saturated rings. The SMILES string of the molecule is Cc1ccnc(-n2cccc2CNc2n[nH]c3nc(C)cc(C)c23)c1. The van der Waals surface area contributed by atoms with Crippen LogP contribution in [0.2, 0.25) is 0 Å². The van der Waals surface area contributed by atoms with Crippen molar-refractivity contribution in [2.75, 3.05) is 5.32 Å². The molecule has 0 aliphatic rings. The van der Waals surface area contributed by atoms with Gasteiger partial charge in [-0.05, 0) is 62.2 Å². The molecular formula is C19H20N6. The molecule has 0 aromatic carbocycles. The number of nitrogens with one attached hydrogen (secondary N) is 2. The maximum Gasteiger partial charge on any atom is 0.158 e. The number of hydrogen-bond acceptors (Lipinski definition) is 4. The molecule has 4 heterocycles. The van der Waals surface area contributed by atoms with Crippen molar-refractivity contribution in [2.45, 2.75) is 27.3 Å². The van der Waals surface area contributed by atoms with Crippen molar-refractivity contribution in [3.63, 3.8) is 0 Å². The summed E-state index contributed by atoms with van der Waals surface area (Å²) in [6.45, 7) is 6.79. The summed E-state index contributed by atoms with van der Waals surface area (Å²) < 4.78 is 2.09. The van der Waals surface area contributed by atoms with Gasteiger partial charge in [0.25, 0.3) is 0 Å². The van der Waals surface area contributed by atoms with Gasteiger partial charge in [-0.25, -0.2) is 9.97 Å². The van der Waals surface area contributed by atoms with Crippen LogP contribution in [0.3, 0.4) is 0 Å². The molecule has 0 aliphatic carbocycles. The number of hydrogen-bond donors (Lipinski definition) is 2. The molecule has 0 saturated carbocycles. The molecule has 0 bridgehead atoms. The summed E-state index contributed by atoms with van der Waals surface area (Å²) in [5, 5.41) is 11.9. The van der Waals surface area contributed by atoms with Crippen LogP contribution in [-0.2, 0) is 6.54 Å². The molecule has 4 aromatic heterocycles. The third-order valence-corrected chi connectivity index (χ3v) is 4.27. The van der Waals surface area contributed by atoms with Crippen LogP contribution in [0.25, 0.3) is 16.9 Å². The first-order chi connectivity index (χ1) is 12.1. The van der Waals surface area contributed by atoms with E-state index in [0.717, 1.165) is 39.6 Å². The average Bonchev–Trinajstić information content (AvgIpc) is 3.19. The first kappa shape index (κ1) is 15.4. The zero-order chi connectivity index (χ0) is 17.4. The molecule has 6 heteroatoms. The Morgan fingerprint density at radius 2 is 2.04 bits per heavy atom. The van der Waals surface area contributed by atoms with Crippen LogP contribution in [0.15, 0.2) is 42.7 Å². The van der Waals surface area contributed by atoms with Crippen molar-refractivity contribution in [2.24, 2.45) is 0 Å². The van der Waals surface area contributed by atoms with Crippen molar-refractivity contribution in [1.82, 2.24) is 24.7 Å². The number of aryl methyl sites for hydroxylation is 3. The number of pyridine rings is 2. The first-order valence-corrected chi connectivity index (χ1v) is 8.27. The normalized spacial score (nSPS) is 11.2. The lowest BCUT2D eigenvalue weighted by Gasteiger charge is -2.10. The van der Waals surface area contributed by atoms with E-state index in [0.29, 0.717) is 6.54 Å². The minimum absolute atomic E-state index is 0.649. The van der Waals surface area contributed by atoms with Crippen LogP contribution in [0.1, 0.15) is 22.5 Å². The van der Waals surface area contributed by atoms with Crippen molar-refractivity contribution < 1.29 is 0 Å². The van der Waals surface area contributed by atoms with E-state index in [-0.39, 0.29) is 0 Å². The zero-order valence-corrected chi connectivity index (χ0v) is 14.5. The number of H-pyrrole nitrogens is 1. The molecule has 126 valence electrons. The lowest BCUT2D eigenvalue weighted by Crippen LogP contribution is -2.07. The van der Waals surface area contributed by atoms with Gasteiger partial charge in [0.2, 0.25) is 0 Å². The van der Waals surface area contributed by atoms with Gasteiger partial charge in [0.1, 0.15) is 5.82 Å². The Balaban J connectivity index is 1.62. The monoisotopic (exact) mass is 332 g/mol.